The van der Waals surface area contributed by atoms with Gasteiger partial charge in [0.05, 0.1) is 16.2 Å². The van der Waals surface area contributed by atoms with Gasteiger partial charge in [0.15, 0.2) is 0 Å². The number of nitrogens with one attached hydrogen (secondary N) is 1. The zero-order valence-electron chi connectivity index (χ0n) is 10.1. The zero-order chi connectivity index (χ0) is 13.1. The number of hydrogen-bond donors (Lipinski definition) is 2. The Morgan fingerprint density at radius 2 is 2.00 bits per heavy atom. The highest BCUT2D eigenvalue weighted by Gasteiger charge is 2.14. The van der Waals surface area contributed by atoms with Crippen LogP contribution in [0.1, 0.15) is 12.5 Å². The van der Waals surface area contributed by atoms with E-state index in [1.807, 2.05) is 36.6 Å². The van der Waals surface area contributed by atoms with E-state index < -0.39 is 0 Å². The number of halogens is 1. The summed E-state index contributed by atoms with van der Waals surface area (Å²) >= 11 is 7.34. The van der Waals surface area contributed by atoms with Gasteiger partial charge in [0.25, 0.3) is 0 Å². The van der Waals surface area contributed by atoms with E-state index >= 15 is 0 Å². The van der Waals surface area contributed by atoms with Gasteiger partial charge in [-0.3, -0.25) is 0 Å². The molecule has 0 atom stereocenters. The highest BCUT2D eigenvalue weighted by molar-refractivity contribution is 7.14. The van der Waals surface area contributed by atoms with Crippen LogP contribution < -0.4 is 5.43 Å². The first-order valence-electron chi connectivity index (χ1n) is 5.41. The van der Waals surface area contributed by atoms with Crippen molar-refractivity contribution in [2.45, 2.75) is 6.92 Å². The fourth-order valence-electron chi connectivity index (χ4n) is 1.64. The van der Waals surface area contributed by atoms with Gasteiger partial charge in [-0.05, 0) is 24.6 Å². The molecule has 0 unspecified atom stereocenters. The van der Waals surface area contributed by atoms with Crippen LogP contribution in [0.5, 0.6) is 5.75 Å². The predicted molar refractivity (Wildman–Crippen MR) is 77.7 cm³/mol. The van der Waals surface area contributed by atoms with Gasteiger partial charge in [-0.25, -0.2) is 0 Å². The van der Waals surface area contributed by atoms with Gasteiger partial charge in [-0.15, -0.1) is 11.3 Å². The van der Waals surface area contributed by atoms with Crippen molar-refractivity contribution in [3.63, 3.8) is 0 Å². The number of benzene rings is 1. The van der Waals surface area contributed by atoms with Crippen LogP contribution in [0.3, 0.4) is 0 Å². The second-order valence-electron chi connectivity index (χ2n) is 3.75. The molecule has 2 rings (SSSR count). The summed E-state index contributed by atoms with van der Waals surface area (Å²) in [4.78, 5) is 0.826. The minimum absolute atomic E-state index is 0.263. The minimum atomic E-state index is 0.263. The summed E-state index contributed by atoms with van der Waals surface area (Å²) in [6, 6.07) is 7.40. The van der Waals surface area contributed by atoms with Crippen molar-refractivity contribution in [3.05, 3.63) is 40.2 Å². The van der Waals surface area contributed by atoms with E-state index in [-0.39, 0.29) is 5.75 Å². The van der Waals surface area contributed by atoms with Crippen LogP contribution in [-0.2, 0) is 0 Å². The molecule has 1 aromatic carbocycles. The Labute approximate surface area is 115 Å². The smallest absolute Gasteiger partial charge is 0.143 e. The molecular weight excluding hydrogens is 268 g/mol. The van der Waals surface area contributed by atoms with Gasteiger partial charge in [0, 0.05) is 17.5 Å². The number of hydrazone groups is 1. The quantitative estimate of drug-likeness (QED) is 0.665. The molecule has 1 aromatic heterocycles. The summed E-state index contributed by atoms with van der Waals surface area (Å²) in [7, 11) is 1.73. The van der Waals surface area contributed by atoms with Crippen LogP contribution in [0.25, 0.3) is 10.4 Å². The second-order valence-corrected chi connectivity index (χ2v) is 5.07. The molecule has 1 heterocycles. The third kappa shape index (κ3) is 2.49. The molecule has 0 saturated heterocycles. The first kappa shape index (κ1) is 12.9. The fourth-order valence-corrected chi connectivity index (χ4v) is 2.78. The Kier molecular flexibility index (Phi) is 3.89. The monoisotopic (exact) mass is 280 g/mol. The lowest BCUT2D eigenvalue weighted by molar-refractivity contribution is 0.478. The van der Waals surface area contributed by atoms with Crippen LogP contribution in [0.2, 0.25) is 5.02 Å². The number of rotatable bonds is 3. The number of aromatic hydroxyl groups is 1. The first-order valence-corrected chi connectivity index (χ1v) is 6.67. The van der Waals surface area contributed by atoms with Crippen LogP contribution >= 0.6 is 22.9 Å². The molecule has 0 amide bonds. The number of hydrogen-bond acceptors (Lipinski definition) is 4. The molecule has 0 saturated carbocycles. The zero-order valence-corrected chi connectivity index (χ0v) is 11.6. The SMILES string of the molecule is CNN=C(C)c1csc(-c2ccc(Cl)cc2)c1O. The van der Waals surface area contributed by atoms with E-state index in [2.05, 4.69) is 10.5 Å². The van der Waals surface area contributed by atoms with E-state index in [0.29, 0.717) is 5.02 Å². The van der Waals surface area contributed by atoms with Crippen LogP contribution in [0.4, 0.5) is 0 Å². The van der Waals surface area contributed by atoms with Gasteiger partial charge < -0.3 is 10.5 Å². The van der Waals surface area contributed by atoms with E-state index in [1.165, 1.54) is 11.3 Å². The Balaban J connectivity index is 2.42. The summed E-state index contributed by atoms with van der Waals surface area (Å²) < 4.78 is 0. The molecule has 0 aliphatic carbocycles. The average Bonchev–Trinajstić information content (AvgIpc) is 2.73. The molecule has 0 spiro atoms. The lowest BCUT2D eigenvalue weighted by Gasteiger charge is -2.01. The molecule has 2 aromatic rings. The molecular formula is C13H13ClN2OS. The fraction of sp³-hybridized carbons (Fsp3) is 0.154. The van der Waals surface area contributed by atoms with Gasteiger partial charge in [0.1, 0.15) is 5.75 Å². The minimum Gasteiger partial charge on any atom is -0.506 e. The summed E-state index contributed by atoms with van der Waals surface area (Å²) in [5.74, 6) is 0.263. The van der Waals surface area contributed by atoms with Gasteiger partial charge in [-0.1, -0.05) is 23.7 Å². The molecule has 0 radical (unpaired) electrons. The Bertz CT molecular complexity index is 575. The Hall–Kier alpha value is -1.52. The van der Waals surface area contributed by atoms with Crippen molar-refractivity contribution in [1.29, 1.82) is 0 Å². The third-order valence-electron chi connectivity index (χ3n) is 2.54. The van der Waals surface area contributed by atoms with Crippen molar-refractivity contribution < 1.29 is 5.11 Å². The van der Waals surface area contributed by atoms with Gasteiger partial charge in [0.2, 0.25) is 0 Å². The molecule has 5 heteroatoms. The lowest BCUT2D eigenvalue weighted by Crippen LogP contribution is -2.02. The second kappa shape index (κ2) is 5.42. The maximum Gasteiger partial charge on any atom is 0.143 e. The third-order valence-corrected chi connectivity index (χ3v) is 3.81. The summed E-state index contributed by atoms with van der Waals surface area (Å²) in [5.41, 5.74) is 5.17. The maximum atomic E-state index is 10.2. The molecule has 0 bridgehead atoms. The summed E-state index contributed by atoms with van der Waals surface area (Å²) in [6.07, 6.45) is 0. The standard InChI is InChI=1S/C13H13ClN2OS/c1-8(16-15-2)11-7-18-13(12(11)17)9-3-5-10(14)6-4-9/h3-7,15,17H,1-2H3. The average molecular weight is 281 g/mol. The Morgan fingerprint density at radius 3 is 2.61 bits per heavy atom. The topological polar surface area (TPSA) is 44.6 Å². The van der Waals surface area contributed by atoms with E-state index in [0.717, 1.165) is 21.7 Å². The van der Waals surface area contributed by atoms with Gasteiger partial charge in [-0.2, -0.15) is 5.10 Å². The van der Waals surface area contributed by atoms with Crippen LogP contribution in [-0.4, -0.2) is 17.9 Å². The van der Waals surface area contributed by atoms with Crippen molar-refractivity contribution in [2.24, 2.45) is 5.10 Å². The first-order chi connectivity index (χ1) is 8.63. The summed E-state index contributed by atoms with van der Waals surface area (Å²) in [5, 5.41) is 16.9. The number of thiophene rings is 1. The molecule has 0 aliphatic rings. The van der Waals surface area contributed by atoms with Crippen molar-refractivity contribution in [1.82, 2.24) is 5.43 Å². The molecule has 3 nitrogen and oxygen atoms in total. The molecule has 0 fully saturated rings. The predicted octanol–water partition coefficient (Wildman–Crippen LogP) is 3.72. The summed E-state index contributed by atoms with van der Waals surface area (Å²) in [6.45, 7) is 1.85. The molecule has 0 aliphatic heterocycles. The van der Waals surface area contributed by atoms with Crippen LogP contribution in [0.15, 0.2) is 34.7 Å². The van der Waals surface area contributed by atoms with E-state index in [4.69, 9.17) is 11.6 Å². The molecule has 18 heavy (non-hydrogen) atoms. The number of nitrogens with zero attached hydrogens (tertiary/aromatic N) is 1. The largest absolute Gasteiger partial charge is 0.506 e. The Morgan fingerprint density at radius 1 is 1.33 bits per heavy atom. The van der Waals surface area contributed by atoms with Crippen molar-refractivity contribution in [2.75, 3.05) is 7.05 Å². The highest BCUT2D eigenvalue weighted by atomic mass is 35.5. The van der Waals surface area contributed by atoms with E-state index in [1.54, 1.807) is 7.05 Å². The van der Waals surface area contributed by atoms with E-state index in [9.17, 15) is 5.11 Å². The van der Waals surface area contributed by atoms with Gasteiger partial charge >= 0.3 is 0 Å². The molecule has 94 valence electrons. The normalized spacial score (nSPS) is 11.6. The lowest BCUT2D eigenvalue weighted by atomic mass is 10.1. The van der Waals surface area contributed by atoms with Crippen LogP contribution in [0, 0.1) is 0 Å². The molecule has 2 N–H and O–H groups in total. The van der Waals surface area contributed by atoms with Crippen molar-refractivity contribution >= 4 is 28.6 Å². The highest BCUT2D eigenvalue weighted by Crippen LogP contribution is 2.38. The van der Waals surface area contributed by atoms with Crippen molar-refractivity contribution in [3.8, 4) is 16.2 Å². The maximum absolute atomic E-state index is 10.2.